The maximum Gasteiger partial charge on any atom is 0.137 e. The molecule has 0 aliphatic carbocycles. The molecule has 1 N–H and O–H groups in total. The third-order valence-corrected chi connectivity index (χ3v) is 3.85. The Morgan fingerprint density at radius 3 is 2.94 bits per heavy atom. The number of methoxy groups -OCH3 is 1. The Bertz CT molecular complexity index is 392. The molecular weight excluding hydrogens is 350 g/mol. The first-order valence-corrected chi connectivity index (χ1v) is 7.12. The van der Waals surface area contributed by atoms with Crippen molar-refractivity contribution in [3.05, 3.63) is 26.6 Å². The van der Waals surface area contributed by atoms with Crippen LogP contribution in [0.25, 0.3) is 0 Å². The molecule has 3 nitrogen and oxygen atoms in total. The molecule has 0 amide bonds. The van der Waals surface area contributed by atoms with Crippen molar-refractivity contribution in [3.8, 4) is 5.75 Å². The van der Waals surface area contributed by atoms with Gasteiger partial charge in [0.05, 0.1) is 18.2 Å². The molecule has 1 saturated heterocycles. The molecule has 0 saturated carbocycles. The van der Waals surface area contributed by atoms with E-state index in [1.807, 2.05) is 6.07 Å². The van der Waals surface area contributed by atoms with Gasteiger partial charge in [-0.2, -0.15) is 0 Å². The first kappa shape index (κ1) is 13.3. The van der Waals surface area contributed by atoms with E-state index in [-0.39, 0.29) is 0 Å². The van der Waals surface area contributed by atoms with Crippen LogP contribution < -0.4 is 10.1 Å². The minimum absolute atomic E-state index is 0.456. The maximum atomic E-state index is 5.41. The number of benzene rings is 1. The molecule has 1 aromatic rings. The van der Waals surface area contributed by atoms with Gasteiger partial charge in [-0.25, -0.2) is 0 Å². The highest BCUT2D eigenvalue weighted by Crippen LogP contribution is 2.32. The van der Waals surface area contributed by atoms with E-state index >= 15 is 0 Å². The third-order valence-electron chi connectivity index (χ3n) is 2.80. The molecule has 2 rings (SSSR count). The largest absolute Gasteiger partial charge is 0.495 e. The molecule has 17 heavy (non-hydrogen) atoms. The highest BCUT2D eigenvalue weighted by molar-refractivity contribution is 9.11. The van der Waals surface area contributed by atoms with Gasteiger partial charge < -0.3 is 14.8 Å². The van der Waals surface area contributed by atoms with E-state index in [0.717, 1.165) is 46.4 Å². The van der Waals surface area contributed by atoms with Crippen molar-refractivity contribution < 1.29 is 9.47 Å². The number of ether oxygens (including phenoxy) is 2. The average Bonchev–Trinajstić information content (AvgIpc) is 2.78. The Hall–Kier alpha value is -0.100. The van der Waals surface area contributed by atoms with Crippen molar-refractivity contribution >= 4 is 31.9 Å². The summed E-state index contributed by atoms with van der Waals surface area (Å²) in [6, 6.07) is 4.52. The lowest BCUT2D eigenvalue weighted by atomic mass is 10.2. The van der Waals surface area contributed by atoms with Crippen LogP contribution in [0.4, 0.5) is 0 Å². The first-order chi connectivity index (χ1) is 8.20. The van der Waals surface area contributed by atoms with Crippen LogP contribution in [0.1, 0.15) is 12.0 Å². The molecule has 0 bridgehead atoms. The van der Waals surface area contributed by atoms with E-state index in [1.54, 1.807) is 7.11 Å². The lowest BCUT2D eigenvalue weighted by Crippen LogP contribution is -2.28. The predicted octanol–water partition coefficient (Wildman–Crippen LogP) is 3.10. The standard InChI is InChI=1S/C12H15Br2NO2/c1-16-12-8(4-9(13)5-11(12)14)6-15-10-2-3-17-7-10/h4-5,10,15H,2-3,6-7H2,1H3. The van der Waals surface area contributed by atoms with Gasteiger partial charge in [-0.15, -0.1) is 0 Å². The van der Waals surface area contributed by atoms with Crippen LogP contribution in [0.2, 0.25) is 0 Å². The zero-order chi connectivity index (χ0) is 12.3. The normalized spacial score (nSPS) is 19.6. The smallest absolute Gasteiger partial charge is 0.137 e. The summed E-state index contributed by atoms with van der Waals surface area (Å²) in [5.41, 5.74) is 1.14. The van der Waals surface area contributed by atoms with E-state index in [2.05, 4.69) is 43.2 Å². The molecule has 0 spiro atoms. The summed E-state index contributed by atoms with van der Waals surface area (Å²) in [5, 5.41) is 3.48. The molecular formula is C12H15Br2NO2. The van der Waals surface area contributed by atoms with Crippen LogP contribution in [0, 0.1) is 0 Å². The van der Waals surface area contributed by atoms with Crippen molar-refractivity contribution in [2.24, 2.45) is 0 Å². The lowest BCUT2D eigenvalue weighted by molar-refractivity contribution is 0.189. The number of hydrogen-bond donors (Lipinski definition) is 1. The van der Waals surface area contributed by atoms with Crippen LogP contribution in [-0.4, -0.2) is 26.4 Å². The molecule has 94 valence electrons. The fourth-order valence-corrected chi connectivity index (χ4v) is 3.40. The highest BCUT2D eigenvalue weighted by atomic mass is 79.9. The molecule has 5 heteroatoms. The van der Waals surface area contributed by atoms with Gasteiger partial charge in [0.2, 0.25) is 0 Å². The molecule has 1 fully saturated rings. The van der Waals surface area contributed by atoms with Gasteiger partial charge in [-0.05, 0) is 34.5 Å². The molecule has 0 radical (unpaired) electrons. The zero-order valence-electron chi connectivity index (χ0n) is 9.63. The number of halogens is 2. The zero-order valence-corrected chi connectivity index (χ0v) is 12.8. The van der Waals surface area contributed by atoms with Crippen LogP contribution in [0.15, 0.2) is 21.1 Å². The predicted molar refractivity (Wildman–Crippen MR) is 74.5 cm³/mol. The number of nitrogens with one attached hydrogen (secondary N) is 1. The summed E-state index contributed by atoms with van der Waals surface area (Å²) < 4.78 is 12.8. The van der Waals surface area contributed by atoms with Gasteiger partial charge in [0.1, 0.15) is 5.75 Å². The molecule has 1 atom stereocenters. The van der Waals surface area contributed by atoms with Gasteiger partial charge in [-0.3, -0.25) is 0 Å². The van der Waals surface area contributed by atoms with Crippen LogP contribution in [0.3, 0.4) is 0 Å². The van der Waals surface area contributed by atoms with Gasteiger partial charge in [0, 0.05) is 29.2 Å². The molecule has 0 aromatic heterocycles. The van der Waals surface area contributed by atoms with Gasteiger partial charge in [0.15, 0.2) is 0 Å². The summed E-state index contributed by atoms with van der Waals surface area (Å²) in [6.07, 6.45) is 1.08. The summed E-state index contributed by atoms with van der Waals surface area (Å²) in [5.74, 6) is 0.889. The van der Waals surface area contributed by atoms with E-state index in [0.29, 0.717) is 6.04 Å². The summed E-state index contributed by atoms with van der Waals surface area (Å²) >= 11 is 7.00. The Labute approximate surface area is 118 Å². The van der Waals surface area contributed by atoms with Crippen molar-refractivity contribution in [2.75, 3.05) is 20.3 Å². The molecule has 1 aliphatic rings. The summed E-state index contributed by atoms with van der Waals surface area (Å²) in [7, 11) is 1.69. The highest BCUT2D eigenvalue weighted by Gasteiger charge is 2.16. The SMILES string of the molecule is COc1c(Br)cc(Br)cc1CNC1CCOC1. The van der Waals surface area contributed by atoms with Crippen molar-refractivity contribution in [3.63, 3.8) is 0 Å². The van der Waals surface area contributed by atoms with Gasteiger partial charge in [-0.1, -0.05) is 15.9 Å². The van der Waals surface area contributed by atoms with Gasteiger partial charge >= 0.3 is 0 Å². The van der Waals surface area contributed by atoms with Crippen molar-refractivity contribution in [1.29, 1.82) is 0 Å². The van der Waals surface area contributed by atoms with E-state index < -0.39 is 0 Å². The molecule has 1 aromatic carbocycles. The average molecular weight is 365 g/mol. The first-order valence-electron chi connectivity index (χ1n) is 5.53. The van der Waals surface area contributed by atoms with E-state index in [4.69, 9.17) is 9.47 Å². The van der Waals surface area contributed by atoms with Crippen LogP contribution in [0.5, 0.6) is 5.75 Å². The van der Waals surface area contributed by atoms with Crippen molar-refractivity contribution in [1.82, 2.24) is 5.32 Å². The minimum atomic E-state index is 0.456. The second-order valence-corrected chi connectivity index (χ2v) is 5.79. The maximum absolute atomic E-state index is 5.41. The van der Waals surface area contributed by atoms with Crippen LogP contribution in [-0.2, 0) is 11.3 Å². The van der Waals surface area contributed by atoms with Crippen LogP contribution >= 0.6 is 31.9 Å². The Kier molecular flexibility index (Phi) is 4.85. The Balaban J connectivity index is 2.07. The fourth-order valence-electron chi connectivity index (χ4n) is 1.92. The van der Waals surface area contributed by atoms with Crippen molar-refractivity contribution in [2.45, 2.75) is 19.0 Å². The minimum Gasteiger partial charge on any atom is -0.495 e. The van der Waals surface area contributed by atoms with E-state index in [9.17, 15) is 0 Å². The third kappa shape index (κ3) is 3.44. The van der Waals surface area contributed by atoms with Gasteiger partial charge in [0.25, 0.3) is 0 Å². The van der Waals surface area contributed by atoms with E-state index in [1.165, 1.54) is 0 Å². The second-order valence-electron chi connectivity index (χ2n) is 4.02. The molecule has 1 aliphatic heterocycles. The lowest BCUT2D eigenvalue weighted by Gasteiger charge is -2.14. The Morgan fingerprint density at radius 1 is 1.47 bits per heavy atom. The summed E-state index contributed by atoms with van der Waals surface area (Å²) in [6.45, 7) is 2.45. The second kappa shape index (κ2) is 6.18. The fraction of sp³-hybridized carbons (Fsp3) is 0.500. The molecule has 1 unspecified atom stereocenters. The summed E-state index contributed by atoms with van der Waals surface area (Å²) in [4.78, 5) is 0. The molecule has 1 heterocycles. The number of hydrogen-bond acceptors (Lipinski definition) is 3. The topological polar surface area (TPSA) is 30.5 Å². The Morgan fingerprint density at radius 2 is 2.29 bits per heavy atom. The number of rotatable bonds is 4. The quantitative estimate of drug-likeness (QED) is 0.890. The monoisotopic (exact) mass is 363 g/mol.